The molecule has 0 spiro atoms. The predicted molar refractivity (Wildman–Crippen MR) is 99.1 cm³/mol. The van der Waals surface area contributed by atoms with Gasteiger partial charge in [0.1, 0.15) is 11.5 Å². The molecule has 8 heteroatoms. The molecule has 6 nitrogen and oxygen atoms in total. The largest absolute Gasteiger partial charge is 0.396 e. The normalized spacial score (nSPS) is 16.6. The third-order valence-electron chi connectivity index (χ3n) is 4.46. The van der Waals surface area contributed by atoms with E-state index in [4.69, 9.17) is 10.5 Å². The number of Topliss-reactive ketones (excluding diaryl/α,β-unsaturated/α-hetero) is 1. The lowest BCUT2D eigenvalue weighted by molar-refractivity contribution is -0.0279. The Bertz CT molecular complexity index is 854. The number of pyridine rings is 2. The number of anilines is 2. The van der Waals surface area contributed by atoms with Crippen molar-refractivity contribution < 1.29 is 18.3 Å². The Hall–Kier alpha value is -2.61. The molecule has 0 saturated carbocycles. The molecule has 0 amide bonds. The van der Waals surface area contributed by atoms with Crippen LogP contribution in [0.25, 0.3) is 11.3 Å². The molecule has 0 atom stereocenters. The van der Waals surface area contributed by atoms with Crippen molar-refractivity contribution in [3.8, 4) is 11.3 Å². The molecule has 1 aliphatic rings. The minimum atomic E-state index is -2.65. The molecule has 0 aliphatic carbocycles. The topological polar surface area (TPSA) is 81.3 Å². The Kier molecular flexibility index (Phi) is 5.10. The number of aromatic nitrogens is 2. The van der Waals surface area contributed by atoms with E-state index in [1.54, 1.807) is 6.07 Å². The van der Waals surface area contributed by atoms with Gasteiger partial charge in [0.05, 0.1) is 23.6 Å². The average Bonchev–Trinajstić information content (AvgIpc) is 2.61. The van der Waals surface area contributed by atoms with Gasteiger partial charge in [0.25, 0.3) is 6.43 Å². The van der Waals surface area contributed by atoms with Gasteiger partial charge in [-0.05, 0) is 39.0 Å². The Balaban J connectivity index is 2.07. The lowest BCUT2D eigenvalue weighted by atomic mass is 10.0. The van der Waals surface area contributed by atoms with Crippen LogP contribution in [0.5, 0.6) is 0 Å². The van der Waals surface area contributed by atoms with E-state index in [9.17, 15) is 13.6 Å². The summed E-state index contributed by atoms with van der Waals surface area (Å²) in [6, 6.07) is 4.40. The molecule has 1 saturated heterocycles. The molecular weight excluding hydrogens is 354 g/mol. The summed E-state index contributed by atoms with van der Waals surface area (Å²) in [6.45, 7) is 7.16. The van der Waals surface area contributed by atoms with Gasteiger partial charge >= 0.3 is 0 Å². The summed E-state index contributed by atoms with van der Waals surface area (Å²) >= 11 is 0. The first-order valence-corrected chi connectivity index (χ1v) is 8.63. The number of carbonyl (C=O) groups is 1. The highest BCUT2D eigenvalue weighted by Gasteiger charge is 2.29. The Morgan fingerprint density at radius 3 is 2.67 bits per heavy atom. The van der Waals surface area contributed by atoms with Gasteiger partial charge in [0.2, 0.25) is 0 Å². The van der Waals surface area contributed by atoms with Crippen LogP contribution in [0.1, 0.15) is 43.2 Å². The lowest BCUT2D eigenvalue weighted by Gasteiger charge is -2.39. The first-order chi connectivity index (χ1) is 12.7. The summed E-state index contributed by atoms with van der Waals surface area (Å²) in [6.07, 6.45) is -1.35. The van der Waals surface area contributed by atoms with Crippen LogP contribution >= 0.6 is 0 Å². The second-order valence-corrected chi connectivity index (χ2v) is 7.15. The molecule has 2 N–H and O–H groups in total. The number of rotatable bonds is 4. The summed E-state index contributed by atoms with van der Waals surface area (Å²) in [7, 11) is 0. The maximum absolute atomic E-state index is 12.8. The van der Waals surface area contributed by atoms with Crippen molar-refractivity contribution in [1.29, 1.82) is 0 Å². The van der Waals surface area contributed by atoms with Gasteiger partial charge in [0.15, 0.2) is 5.78 Å². The highest BCUT2D eigenvalue weighted by Crippen LogP contribution is 2.32. The number of nitrogen functional groups attached to an aromatic ring is 1. The number of ketones is 1. The molecule has 0 bridgehead atoms. The average molecular weight is 376 g/mol. The van der Waals surface area contributed by atoms with Crippen LogP contribution in [-0.2, 0) is 4.74 Å². The standard InChI is InChI=1S/C19H22F2N4O2/c1-11(26)13-8-15(25-6-7-27-19(2,3)10-25)24-17(16(13)22)12-4-5-14(18(20)21)23-9-12/h4-5,8-9,18H,6-7,10,22H2,1-3H3. The molecule has 1 fully saturated rings. The van der Waals surface area contributed by atoms with Crippen LogP contribution in [0, 0.1) is 0 Å². The van der Waals surface area contributed by atoms with E-state index < -0.39 is 6.43 Å². The van der Waals surface area contributed by atoms with Crippen molar-refractivity contribution in [1.82, 2.24) is 9.97 Å². The number of nitrogens with zero attached hydrogens (tertiary/aromatic N) is 3. The van der Waals surface area contributed by atoms with Crippen LogP contribution in [0.15, 0.2) is 24.4 Å². The number of alkyl halides is 2. The fraction of sp³-hybridized carbons (Fsp3) is 0.421. The first-order valence-electron chi connectivity index (χ1n) is 8.63. The minimum Gasteiger partial charge on any atom is -0.396 e. The maximum Gasteiger partial charge on any atom is 0.280 e. The molecule has 0 unspecified atom stereocenters. The van der Waals surface area contributed by atoms with Gasteiger partial charge in [-0.15, -0.1) is 0 Å². The molecule has 2 aromatic heterocycles. The highest BCUT2D eigenvalue weighted by molar-refractivity contribution is 6.02. The van der Waals surface area contributed by atoms with Crippen LogP contribution in [0.3, 0.4) is 0 Å². The summed E-state index contributed by atoms with van der Waals surface area (Å²) < 4.78 is 31.3. The number of hydrogen-bond acceptors (Lipinski definition) is 6. The fourth-order valence-electron chi connectivity index (χ4n) is 3.10. The van der Waals surface area contributed by atoms with E-state index in [1.807, 2.05) is 18.7 Å². The molecule has 2 aromatic rings. The van der Waals surface area contributed by atoms with Crippen molar-refractivity contribution in [2.75, 3.05) is 30.3 Å². The van der Waals surface area contributed by atoms with E-state index in [2.05, 4.69) is 9.97 Å². The second-order valence-electron chi connectivity index (χ2n) is 7.15. The molecule has 0 aromatic carbocycles. The Morgan fingerprint density at radius 2 is 2.11 bits per heavy atom. The number of halogens is 2. The SMILES string of the molecule is CC(=O)c1cc(N2CCOC(C)(C)C2)nc(-c2ccc(C(F)F)nc2)c1N. The number of morpholine rings is 1. The van der Waals surface area contributed by atoms with Crippen molar-refractivity contribution >= 4 is 17.3 Å². The zero-order valence-corrected chi connectivity index (χ0v) is 15.5. The smallest absolute Gasteiger partial charge is 0.280 e. The van der Waals surface area contributed by atoms with Crippen molar-refractivity contribution in [3.05, 3.63) is 35.7 Å². The number of hydrogen-bond donors (Lipinski definition) is 1. The molecule has 3 heterocycles. The fourth-order valence-corrected chi connectivity index (χ4v) is 3.10. The zero-order valence-electron chi connectivity index (χ0n) is 15.5. The van der Waals surface area contributed by atoms with Crippen LogP contribution in [0.2, 0.25) is 0 Å². The van der Waals surface area contributed by atoms with Crippen molar-refractivity contribution in [2.24, 2.45) is 0 Å². The zero-order chi connectivity index (χ0) is 19.8. The third kappa shape index (κ3) is 4.05. The van der Waals surface area contributed by atoms with Crippen LogP contribution < -0.4 is 10.6 Å². The molecule has 144 valence electrons. The molecule has 0 radical (unpaired) electrons. The van der Waals surface area contributed by atoms with Gasteiger partial charge in [-0.1, -0.05) is 0 Å². The lowest BCUT2D eigenvalue weighted by Crippen LogP contribution is -2.48. The first kappa shape index (κ1) is 19.2. The molecule has 1 aliphatic heterocycles. The predicted octanol–water partition coefficient (Wildman–Crippen LogP) is 3.48. The monoisotopic (exact) mass is 376 g/mol. The van der Waals surface area contributed by atoms with Crippen LogP contribution in [0.4, 0.5) is 20.3 Å². The number of carbonyl (C=O) groups excluding carboxylic acids is 1. The summed E-state index contributed by atoms with van der Waals surface area (Å²) in [5.74, 6) is 0.404. The van der Waals surface area contributed by atoms with Crippen molar-refractivity contribution in [3.63, 3.8) is 0 Å². The Labute approximate surface area is 156 Å². The summed E-state index contributed by atoms with van der Waals surface area (Å²) in [4.78, 5) is 22.5. The molecule has 27 heavy (non-hydrogen) atoms. The second kappa shape index (κ2) is 7.19. The maximum atomic E-state index is 12.8. The van der Waals surface area contributed by atoms with Gasteiger partial charge in [0, 0.05) is 30.4 Å². The van der Waals surface area contributed by atoms with E-state index in [0.29, 0.717) is 42.3 Å². The summed E-state index contributed by atoms with van der Waals surface area (Å²) in [5, 5.41) is 0. The molecule has 3 rings (SSSR count). The summed E-state index contributed by atoms with van der Waals surface area (Å²) in [5.41, 5.74) is 6.89. The van der Waals surface area contributed by atoms with E-state index in [0.717, 1.165) is 0 Å². The molecular formula is C19H22F2N4O2. The van der Waals surface area contributed by atoms with E-state index >= 15 is 0 Å². The van der Waals surface area contributed by atoms with Crippen molar-refractivity contribution in [2.45, 2.75) is 32.8 Å². The Morgan fingerprint density at radius 1 is 1.37 bits per heavy atom. The minimum absolute atomic E-state index is 0.193. The quantitative estimate of drug-likeness (QED) is 0.823. The van der Waals surface area contributed by atoms with E-state index in [-0.39, 0.29) is 22.8 Å². The highest BCUT2D eigenvalue weighted by atomic mass is 19.3. The van der Waals surface area contributed by atoms with Gasteiger partial charge in [-0.25, -0.2) is 13.8 Å². The van der Waals surface area contributed by atoms with Gasteiger partial charge in [-0.2, -0.15) is 0 Å². The van der Waals surface area contributed by atoms with E-state index in [1.165, 1.54) is 25.3 Å². The number of nitrogens with two attached hydrogens (primary N) is 1. The van der Waals surface area contributed by atoms with Gasteiger partial charge < -0.3 is 15.4 Å². The third-order valence-corrected chi connectivity index (χ3v) is 4.46. The van der Waals surface area contributed by atoms with Crippen LogP contribution in [-0.4, -0.2) is 41.0 Å². The van der Waals surface area contributed by atoms with Gasteiger partial charge in [-0.3, -0.25) is 9.78 Å². The number of ether oxygens (including phenoxy) is 1.